The van der Waals surface area contributed by atoms with Crippen LogP contribution in [0.2, 0.25) is 0 Å². The third-order valence-corrected chi connectivity index (χ3v) is 8.64. The summed E-state index contributed by atoms with van der Waals surface area (Å²) >= 11 is 0. The predicted octanol–water partition coefficient (Wildman–Crippen LogP) is 4.37. The van der Waals surface area contributed by atoms with E-state index in [1.807, 2.05) is 24.3 Å². The van der Waals surface area contributed by atoms with E-state index in [4.69, 9.17) is 14.2 Å². The van der Waals surface area contributed by atoms with Crippen molar-refractivity contribution in [3.05, 3.63) is 78.2 Å². The van der Waals surface area contributed by atoms with Crippen molar-refractivity contribution in [2.75, 3.05) is 52.4 Å². The van der Waals surface area contributed by atoms with Crippen LogP contribution in [-0.2, 0) is 16.6 Å². The van der Waals surface area contributed by atoms with Gasteiger partial charge >= 0.3 is 0 Å². The van der Waals surface area contributed by atoms with Gasteiger partial charge in [-0.1, -0.05) is 12.1 Å². The molecule has 0 atom stereocenters. The quantitative estimate of drug-likeness (QED) is 0.329. The lowest BCUT2D eigenvalue weighted by molar-refractivity contribution is 0.250. The average Bonchev–Trinajstić information content (AvgIpc) is 3.31. The zero-order valence-corrected chi connectivity index (χ0v) is 22.4. The highest BCUT2D eigenvalue weighted by molar-refractivity contribution is 7.90. The van der Waals surface area contributed by atoms with Crippen molar-refractivity contribution in [2.45, 2.75) is 11.4 Å². The summed E-state index contributed by atoms with van der Waals surface area (Å²) in [6.07, 6.45) is 1.59. The standard InChI is InChI=1S/C28H30FN3O5S/c1-35-21-8-10-25-23(16-21)20(19-32(25)38(33,34)28-11-9-22(36-2)17-24(28)29)18-30-12-14-31(15-13-30)26-6-4-5-7-27(26)37-3/h4-11,16-17,19H,12-15,18H2,1-3H3. The number of nitrogens with zero attached hydrogens (tertiary/aromatic N) is 3. The molecule has 0 aliphatic carbocycles. The summed E-state index contributed by atoms with van der Waals surface area (Å²) < 4.78 is 59.2. The van der Waals surface area contributed by atoms with E-state index < -0.39 is 20.7 Å². The Morgan fingerprint density at radius 1 is 0.842 bits per heavy atom. The Kier molecular flexibility index (Phi) is 7.18. The lowest BCUT2D eigenvalue weighted by Crippen LogP contribution is -2.46. The Labute approximate surface area is 221 Å². The van der Waals surface area contributed by atoms with Crippen molar-refractivity contribution in [3.8, 4) is 17.2 Å². The van der Waals surface area contributed by atoms with Crippen LogP contribution in [0, 0.1) is 5.82 Å². The molecule has 1 fully saturated rings. The summed E-state index contributed by atoms with van der Waals surface area (Å²) in [5.41, 5.74) is 2.34. The zero-order chi connectivity index (χ0) is 26.9. The second-order valence-electron chi connectivity index (χ2n) is 9.07. The lowest BCUT2D eigenvalue weighted by atomic mass is 10.1. The molecule has 0 saturated carbocycles. The van der Waals surface area contributed by atoms with E-state index in [1.54, 1.807) is 32.5 Å². The van der Waals surface area contributed by atoms with Gasteiger partial charge in [-0.15, -0.1) is 0 Å². The number of benzene rings is 3. The summed E-state index contributed by atoms with van der Waals surface area (Å²) in [7, 11) is 0.432. The molecule has 1 aliphatic rings. The second-order valence-corrected chi connectivity index (χ2v) is 10.9. The Hall–Kier alpha value is -3.76. The van der Waals surface area contributed by atoms with Crippen LogP contribution < -0.4 is 19.1 Å². The molecule has 0 radical (unpaired) electrons. The summed E-state index contributed by atoms with van der Waals surface area (Å²) in [6.45, 7) is 3.72. The molecule has 4 aromatic rings. The van der Waals surface area contributed by atoms with Crippen LogP contribution in [0.1, 0.15) is 5.56 Å². The highest BCUT2D eigenvalue weighted by Gasteiger charge is 2.27. The van der Waals surface area contributed by atoms with Gasteiger partial charge < -0.3 is 19.1 Å². The first-order chi connectivity index (χ1) is 18.3. The molecule has 1 saturated heterocycles. The molecule has 5 rings (SSSR count). The second kappa shape index (κ2) is 10.5. The number of fused-ring (bicyclic) bond motifs is 1. The van der Waals surface area contributed by atoms with Crippen molar-refractivity contribution in [1.82, 2.24) is 8.87 Å². The molecule has 200 valence electrons. The monoisotopic (exact) mass is 539 g/mol. The molecular formula is C28H30FN3O5S. The number of methoxy groups -OCH3 is 3. The Morgan fingerprint density at radius 3 is 2.21 bits per heavy atom. The van der Waals surface area contributed by atoms with Crippen LogP contribution in [0.15, 0.2) is 71.8 Å². The molecule has 8 nitrogen and oxygen atoms in total. The molecule has 0 unspecified atom stereocenters. The van der Waals surface area contributed by atoms with Gasteiger partial charge in [0.05, 0.1) is 32.5 Å². The van der Waals surface area contributed by atoms with E-state index in [-0.39, 0.29) is 5.75 Å². The van der Waals surface area contributed by atoms with E-state index in [0.717, 1.165) is 58.6 Å². The third-order valence-electron chi connectivity index (χ3n) is 6.93. The number of ether oxygens (including phenoxy) is 3. The first-order valence-corrected chi connectivity index (χ1v) is 13.7. The molecule has 1 aromatic heterocycles. The summed E-state index contributed by atoms with van der Waals surface area (Å²) in [6, 6.07) is 16.9. The van der Waals surface area contributed by atoms with Crippen molar-refractivity contribution < 1.29 is 27.0 Å². The van der Waals surface area contributed by atoms with Crippen LogP contribution in [0.4, 0.5) is 10.1 Å². The molecule has 38 heavy (non-hydrogen) atoms. The van der Waals surface area contributed by atoms with Gasteiger partial charge in [-0.3, -0.25) is 4.90 Å². The van der Waals surface area contributed by atoms with Gasteiger partial charge in [-0.05, 0) is 48.0 Å². The van der Waals surface area contributed by atoms with Crippen molar-refractivity contribution >= 4 is 26.6 Å². The van der Waals surface area contributed by atoms with Crippen molar-refractivity contribution in [2.24, 2.45) is 0 Å². The van der Waals surface area contributed by atoms with E-state index in [0.29, 0.717) is 17.8 Å². The largest absolute Gasteiger partial charge is 0.497 e. The first kappa shape index (κ1) is 25.9. The van der Waals surface area contributed by atoms with Crippen LogP contribution in [0.25, 0.3) is 10.9 Å². The van der Waals surface area contributed by atoms with Gasteiger partial charge in [0, 0.05) is 50.4 Å². The fraction of sp³-hybridized carbons (Fsp3) is 0.286. The smallest absolute Gasteiger partial charge is 0.271 e. The molecule has 0 spiro atoms. The Bertz CT molecular complexity index is 1560. The predicted molar refractivity (Wildman–Crippen MR) is 145 cm³/mol. The topological polar surface area (TPSA) is 73.2 Å². The number of hydrogen-bond acceptors (Lipinski definition) is 7. The number of aromatic nitrogens is 1. The van der Waals surface area contributed by atoms with E-state index >= 15 is 0 Å². The Balaban J connectivity index is 1.45. The van der Waals surface area contributed by atoms with Gasteiger partial charge in [-0.25, -0.2) is 16.8 Å². The fourth-order valence-electron chi connectivity index (χ4n) is 4.90. The maximum atomic E-state index is 14.8. The number of anilines is 1. The van der Waals surface area contributed by atoms with Gasteiger partial charge in [0.25, 0.3) is 10.0 Å². The number of para-hydroxylation sites is 2. The summed E-state index contributed by atoms with van der Waals surface area (Å²) in [4.78, 5) is 4.16. The molecule has 2 heterocycles. The van der Waals surface area contributed by atoms with Crippen LogP contribution >= 0.6 is 0 Å². The van der Waals surface area contributed by atoms with Crippen molar-refractivity contribution in [1.29, 1.82) is 0 Å². The maximum Gasteiger partial charge on any atom is 0.271 e. The highest BCUT2D eigenvalue weighted by Crippen LogP contribution is 2.33. The van der Waals surface area contributed by atoms with Gasteiger partial charge in [0.15, 0.2) is 0 Å². The fourth-order valence-corrected chi connectivity index (χ4v) is 6.34. The minimum absolute atomic E-state index is 0.247. The normalized spacial score (nSPS) is 14.6. The number of piperazine rings is 1. The minimum Gasteiger partial charge on any atom is -0.497 e. The molecule has 3 aromatic carbocycles. The molecule has 1 aliphatic heterocycles. The van der Waals surface area contributed by atoms with Crippen molar-refractivity contribution in [3.63, 3.8) is 0 Å². The number of halogens is 1. The zero-order valence-electron chi connectivity index (χ0n) is 21.6. The van der Waals surface area contributed by atoms with Crippen LogP contribution in [-0.4, -0.2) is 64.8 Å². The summed E-state index contributed by atoms with van der Waals surface area (Å²) in [5.74, 6) is 0.836. The van der Waals surface area contributed by atoms with Gasteiger partial charge in [-0.2, -0.15) is 0 Å². The maximum absolute atomic E-state index is 14.8. The van der Waals surface area contributed by atoms with Crippen LogP contribution in [0.5, 0.6) is 17.2 Å². The third kappa shape index (κ3) is 4.77. The molecule has 0 amide bonds. The van der Waals surface area contributed by atoms with E-state index in [9.17, 15) is 12.8 Å². The average molecular weight is 540 g/mol. The van der Waals surface area contributed by atoms with Gasteiger partial charge in [0.1, 0.15) is 28.0 Å². The summed E-state index contributed by atoms with van der Waals surface area (Å²) in [5, 5.41) is 0.744. The molecular weight excluding hydrogens is 509 g/mol. The molecule has 0 bridgehead atoms. The first-order valence-electron chi connectivity index (χ1n) is 12.2. The van der Waals surface area contributed by atoms with Crippen LogP contribution in [0.3, 0.4) is 0 Å². The lowest BCUT2D eigenvalue weighted by Gasteiger charge is -2.36. The van der Waals surface area contributed by atoms with E-state index in [1.165, 1.54) is 19.2 Å². The Morgan fingerprint density at radius 2 is 1.53 bits per heavy atom. The molecule has 0 N–H and O–H groups in total. The number of rotatable bonds is 8. The molecule has 10 heteroatoms. The minimum atomic E-state index is -4.21. The highest BCUT2D eigenvalue weighted by atomic mass is 32.2. The van der Waals surface area contributed by atoms with E-state index in [2.05, 4.69) is 15.9 Å². The number of hydrogen-bond donors (Lipinski definition) is 0. The van der Waals surface area contributed by atoms with Gasteiger partial charge in [0.2, 0.25) is 0 Å². The SMILES string of the molecule is COc1ccc(S(=O)(=O)n2cc(CN3CCN(c4ccccc4OC)CC3)c3cc(OC)ccc32)c(F)c1.